The van der Waals surface area contributed by atoms with Crippen LogP contribution in [0, 0.1) is 0 Å². The first-order valence-corrected chi connectivity index (χ1v) is 7.10. The van der Waals surface area contributed by atoms with Gasteiger partial charge in [-0.15, -0.1) is 0 Å². The van der Waals surface area contributed by atoms with Gasteiger partial charge in [0.1, 0.15) is 5.82 Å². The molecule has 0 amide bonds. The van der Waals surface area contributed by atoms with Gasteiger partial charge in [-0.2, -0.15) is 15.1 Å². The first-order valence-electron chi connectivity index (χ1n) is 4.99. The van der Waals surface area contributed by atoms with Crippen molar-refractivity contribution in [2.24, 2.45) is 0 Å². The Morgan fingerprint density at radius 2 is 2.35 bits per heavy atom. The van der Waals surface area contributed by atoms with E-state index in [1.54, 1.807) is 12.5 Å². The minimum Gasteiger partial charge on any atom is -0.366 e. The van der Waals surface area contributed by atoms with Crippen molar-refractivity contribution in [2.75, 3.05) is 17.3 Å². The second kappa shape index (κ2) is 4.97. The van der Waals surface area contributed by atoms with Crippen LogP contribution in [0.5, 0.6) is 0 Å². The molecule has 0 radical (unpaired) electrons. The highest BCUT2D eigenvalue weighted by Gasteiger charge is 2.11. The molecule has 0 spiro atoms. The van der Waals surface area contributed by atoms with Gasteiger partial charge in [0.25, 0.3) is 0 Å². The number of hydrogen-bond acceptors (Lipinski definition) is 5. The Labute approximate surface area is 106 Å². The fraction of sp³-hybridized carbons (Fsp3) is 0.444. The van der Waals surface area contributed by atoms with Gasteiger partial charge in [-0.05, 0) is 18.5 Å². The zero-order chi connectivity index (χ0) is 12.4. The molecule has 0 aromatic carbocycles. The molecule has 2 heterocycles. The van der Waals surface area contributed by atoms with E-state index in [-0.39, 0.29) is 11.3 Å². The van der Waals surface area contributed by atoms with E-state index < -0.39 is 10.8 Å². The average Bonchev–Trinajstić information content (AvgIpc) is 2.63. The SMILES string of the molecule is CC(CS(C)=O)Nc1nc(Cl)nc2[nH]ncc12. The largest absolute Gasteiger partial charge is 0.366 e. The van der Waals surface area contributed by atoms with Crippen molar-refractivity contribution < 1.29 is 4.21 Å². The number of aromatic amines is 1. The Balaban J connectivity index is 2.28. The summed E-state index contributed by atoms with van der Waals surface area (Å²) in [5.41, 5.74) is 0.581. The number of aromatic nitrogens is 4. The molecule has 2 unspecified atom stereocenters. The molecule has 17 heavy (non-hydrogen) atoms. The Morgan fingerprint density at radius 3 is 3.06 bits per heavy atom. The molecule has 2 N–H and O–H groups in total. The maximum absolute atomic E-state index is 11.1. The van der Waals surface area contributed by atoms with Gasteiger partial charge in [0.15, 0.2) is 5.65 Å². The van der Waals surface area contributed by atoms with Crippen molar-refractivity contribution in [3.8, 4) is 0 Å². The van der Waals surface area contributed by atoms with Crippen LogP contribution < -0.4 is 5.32 Å². The fourth-order valence-electron chi connectivity index (χ4n) is 1.54. The first-order chi connectivity index (χ1) is 8.06. The summed E-state index contributed by atoms with van der Waals surface area (Å²) in [6.45, 7) is 1.93. The Kier molecular flexibility index (Phi) is 3.58. The Bertz CT molecular complexity index is 557. The van der Waals surface area contributed by atoms with E-state index in [1.165, 1.54) is 0 Å². The van der Waals surface area contributed by atoms with Gasteiger partial charge < -0.3 is 5.32 Å². The third kappa shape index (κ3) is 2.92. The smallest absolute Gasteiger partial charge is 0.226 e. The standard InChI is InChI=1S/C9H12ClN5OS/c1-5(4-17(2)16)12-7-6-3-11-15-8(6)14-9(10)13-7/h3,5H,4H2,1-2H3,(H2,11,12,13,14,15). The van der Waals surface area contributed by atoms with Crippen molar-refractivity contribution in [3.05, 3.63) is 11.5 Å². The number of H-pyrrole nitrogens is 1. The zero-order valence-corrected chi connectivity index (χ0v) is 11.0. The molecule has 92 valence electrons. The molecule has 0 aliphatic rings. The minimum atomic E-state index is -0.861. The quantitative estimate of drug-likeness (QED) is 0.818. The van der Waals surface area contributed by atoms with Crippen LogP contribution in [0.3, 0.4) is 0 Å². The molecule has 0 aliphatic heterocycles. The molecule has 0 bridgehead atoms. The number of rotatable bonds is 4. The van der Waals surface area contributed by atoms with Crippen molar-refractivity contribution in [3.63, 3.8) is 0 Å². The molecule has 6 nitrogen and oxygen atoms in total. The van der Waals surface area contributed by atoms with Crippen LogP contribution in [-0.4, -0.2) is 42.4 Å². The van der Waals surface area contributed by atoms with E-state index in [4.69, 9.17) is 11.6 Å². The van der Waals surface area contributed by atoms with E-state index in [1.807, 2.05) is 6.92 Å². The molecule has 0 aliphatic carbocycles. The molecule has 2 rings (SSSR count). The molecule has 0 saturated carbocycles. The van der Waals surface area contributed by atoms with Gasteiger partial charge in [0.2, 0.25) is 5.28 Å². The van der Waals surface area contributed by atoms with Crippen molar-refractivity contribution in [1.82, 2.24) is 20.2 Å². The summed E-state index contributed by atoms with van der Waals surface area (Å²) in [5.74, 6) is 1.15. The lowest BCUT2D eigenvalue weighted by molar-refractivity contribution is 0.683. The maximum atomic E-state index is 11.1. The Hall–Kier alpha value is -1.21. The minimum absolute atomic E-state index is 0.0323. The maximum Gasteiger partial charge on any atom is 0.226 e. The monoisotopic (exact) mass is 273 g/mol. The van der Waals surface area contributed by atoms with E-state index in [0.29, 0.717) is 17.2 Å². The molecular formula is C9H12ClN5OS. The van der Waals surface area contributed by atoms with Crippen LogP contribution >= 0.6 is 11.6 Å². The van der Waals surface area contributed by atoms with Gasteiger partial charge in [-0.1, -0.05) is 0 Å². The second-order valence-electron chi connectivity index (χ2n) is 3.76. The number of hydrogen-bond donors (Lipinski definition) is 2. The summed E-state index contributed by atoms with van der Waals surface area (Å²) in [5, 5.41) is 10.7. The van der Waals surface area contributed by atoms with Crippen molar-refractivity contribution >= 4 is 39.3 Å². The van der Waals surface area contributed by atoms with E-state index in [0.717, 1.165) is 5.39 Å². The van der Waals surface area contributed by atoms with E-state index >= 15 is 0 Å². The average molecular weight is 274 g/mol. The summed E-state index contributed by atoms with van der Waals surface area (Å²) < 4.78 is 11.1. The fourth-order valence-corrected chi connectivity index (χ4v) is 2.50. The first kappa shape index (κ1) is 12.3. The molecule has 2 aromatic heterocycles. The molecule has 0 fully saturated rings. The molecule has 2 atom stereocenters. The summed E-state index contributed by atoms with van der Waals surface area (Å²) in [6.07, 6.45) is 3.29. The van der Waals surface area contributed by atoms with Gasteiger partial charge in [0, 0.05) is 28.9 Å². The molecule has 0 saturated heterocycles. The molecule has 8 heteroatoms. The van der Waals surface area contributed by atoms with Crippen molar-refractivity contribution in [2.45, 2.75) is 13.0 Å². The predicted octanol–water partition coefficient (Wildman–Crippen LogP) is 1.19. The van der Waals surface area contributed by atoms with Gasteiger partial charge in [0.05, 0.1) is 11.6 Å². The van der Waals surface area contributed by atoms with Crippen LogP contribution in [0.4, 0.5) is 5.82 Å². The highest BCUT2D eigenvalue weighted by Crippen LogP contribution is 2.20. The molecular weight excluding hydrogens is 262 g/mol. The highest BCUT2D eigenvalue weighted by atomic mass is 35.5. The van der Waals surface area contributed by atoms with E-state index in [2.05, 4.69) is 25.5 Å². The number of nitrogens with one attached hydrogen (secondary N) is 2. The highest BCUT2D eigenvalue weighted by molar-refractivity contribution is 7.84. The van der Waals surface area contributed by atoms with Crippen LogP contribution in [0.1, 0.15) is 6.92 Å². The third-order valence-electron chi connectivity index (χ3n) is 2.15. The van der Waals surface area contributed by atoms with Gasteiger partial charge >= 0.3 is 0 Å². The van der Waals surface area contributed by atoms with E-state index in [9.17, 15) is 4.21 Å². The van der Waals surface area contributed by atoms with Crippen molar-refractivity contribution in [1.29, 1.82) is 0 Å². The van der Waals surface area contributed by atoms with Crippen LogP contribution in [0.15, 0.2) is 6.20 Å². The zero-order valence-electron chi connectivity index (χ0n) is 9.40. The summed E-state index contributed by atoms with van der Waals surface area (Å²) in [6, 6.07) is 0.0323. The number of halogens is 1. The van der Waals surface area contributed by atoms with Gasteiger partial charge in [-0.3, -0.25) is 9.31 Å². The third-order valence-corrected chi connectivity index (χ3v) is 3.29. The lowest BCUT2D eigenvalue weighted by Crippen LogP contribution is -2.23. The van der Waals surface area contributed by atoms with Crippen LogP contribution in [-0.2, 0) is 10.8 Å². The number of nitrogens with zero attached hydrogens (tertiary/aromatic N) is 3. The second-order valence-corrected chi connectivity index (χ2v) is 5.58. The lowest BCUT2D eigenvalue weighted by atomic mass is 10.3. The lowest BCUT2D eigenvalue weighted by Gasteiger charge is -2.13. The number of anilines is 1. The normalized spacial score (nSPS) is 14.8. The van der Waals surface area contributed by atoms with Crippen LogP contribution in [0.25, 0.3) is 11.0 Å². The van der Waals surface area contributed by atoms with Gasteiger partial charge in [-0.25, -0.2) is 0 Å². The number of fused-ring (bicyclic) bond motifs is 1. The topological polar surface area (TPSA) is 83.6 Å². The summed E-state index contributed by atoms with van der Waals surface area (Å²) in [4.78, 5) is 8.11. The summed E-state index contributed by atoms with van der Waals surface area (Å²) >= 11 is 5.80. The van der Waals surface area contributed by atoms with Crippen LogP contribution in [0.2, 0.25) is 5.28 Å². The predicted molar refractivity (Wildman–Crippen MR) is 68.7 cm³/mol. The Morgan fingerprint density at radius 1 is 1.59 bits per heavy atom. The summed E-state index contributed by atoms with van der Waals surface area (Å²) in [7, 11) is -0.861. The molecule has 2 aromatic rings.